The summed E-state index contributed by atoms with van der Waals surface area (Å²) in [6, 6.07) is 30.0. The van der Waals surface area contributed by atoms with E-state index in [0.29, 0.717) is 48.1 Å². The number of rotatable bonds is 14. The lowest BCUT2D eigenvalue weighted by molar-refractivity contribution is -0.134. The fourth-order valence-corrected chi connectivity index (χ4v) is 7.87. The van der Waals surface area contributed by atoms with E-state index in [0.717, 1.165) is 36.5 Å². The second kappa shape index (κ2) is 21.0. The highest BCUT2D eigenvalue weighted by Crippen LogP contribution is 2.42. The number of aliphatic hydroxyl groups is 2. The van der Waals surface area contributed by atoms with Gasteiger partial charge in [-0.15, -0.1) is 0 Å². The Morgan fingerprint density at radius 1 is 0.597 bits per heavy atom. The Labute approximate surface area is 363 Å². The van der Waals surface area contributed by atoms with Crippen LogP contribution in [0.15, 0.2) is 109 Å². The molecule has 4 aromatic carbocycles. The van der Waals surface area contributed by atoms with Gasteiger partial charge in [0.25, 0.3) is 0 Å². The van der Waals surface area contributed by atoms with Crippen molar-refractivity contribution in [2.75, 3.05) is 35.0 Å². The minimum Gasteiger partial charge on any atom is -0.485 e. The van der Waals surface area contributed by atoms with Gasteiger partial charge in [0.2, 0.25) is 20.0 Å². The fraction of sp³-hybridized carbons (Fsp3) is 0.364. The zero-order valence-corrected chi connectivity index (χ0v) is 37.0. The maximum atomic E-state index is 11.5. The summed E-state index contributed by atoms with van der Waals surface area (Å²) in [5.41, 5.74) is 3.33. The highest BCUT2D eigenvalue weighted by molar-refractivity contribution is 7.92. The predicted molar refractivity (Wildman–Crippen MR) is 237 cm³/mol. The van der Waals surface area contributed by atoms with Crippen molar-refractivity contribution in [3.05, 3.63) is 131 Å². The van der Waals surface area contributed by atoms with Crippen LogP contribution < -0.4 is 29.6 Å². The monoisotopic (exact) mass is 896 g/mol. The van der Waals surface area contributed by atoms with Gasteiger partial charge in [0, 0.05) is 35.4 Å². The summed E-state index contributed by atoms with van der Waals surface area (Å²) in [6.07, 6.45) is 3.53. The number of sulfonamides is 2. The Hall–Kier alpha value is -5.50. The summed E-state index contributed by atoms with van der Waals surface area (Å²) >= 11 is 0. The number of nitrogens with one attached hydrogen (secondary N) is 4. The van der Waals surface area contributed by atoms with Crippen LogP contribution in [-0.2, 0) is 42.5 Å². The number of benzene rings is 4. The molecule has 2 aliphatic heterocycles. The molecule has 0 saturated carbocycles. The summed E-state index contributed by atoms with van der Waals surface area (Å²) in [5.74, 6) is -1.38. The van der Waals surface area contributed by atoms with E-state index >= 15 is 0 Å². The predicted octanol–water partition coefficient (Wildman–Crippen LogP) is 4.64. The SMILES string of the molecule is CC1(C)Oc2cc(NS(C)(=O)=O)ccc2[C@H](NCCc2ccccc2)[C@H]1O.CC1(C)Oc2cc(NS(C)(=O)=O)ccc2[C@H](NCCc2ccccc2)[C@H]1O.O=C(O)/C=C\C(=O)O. The van der Waals surface area contributed by atoms with Crippen LogP contribution in [0.1, 0.15) is 62.0 Å². The average Bonchev–Trinajstić information content (AvgIpc) is 3.17. The molecule has 0 radical (unpaired) electrons. The van der Waals surface area contributed by atoms with E-state index in [1.165, 1.54) is 11.1 Å². The third-order valence-electron chi connectivity index (χ3n) is 9.72. The van der Waals surface area contributed by atoms with Crippen molar-refractivity contribution in [2.24, 2.45) is 0 Å². The number of carboxylic acid groups (broad SMARTS) is 2. The van der Waals surface area contributed by atoms with Crippen molar-refractivity contribution in [2.45, 2.75) is 76.0 Å². The molecule has 4 atom stereocenters. The van der Waals surface area contributed by atoms with Gasteiger partial charge < -0.3 is 40.5 Å². The number of aliphatic carboxylic acids is 2. The molecule has 0 bridgehead atoms. The van der Waals surface area contributed by atoms with Crippen LogP contribution in [0.25, 0.3) is 0 Å². The molecular formula is C44H56N4O12S2. The Bertz CT molecular complexity index is 2230. The van der Waals surface area contributed by atoms with Gasteiger partial charge in [0.15, 0.2) is 0 Å². The van der Waals surface area contributed by atoms with Crippen molar-refractivity contribution in [1.82, 2.24) is 10.6 Å². The molecule has 0 amide bonds. The minimum atomic E-state index is -3.37. The quantitative estimate of drug-likeness (QED) is 0.0804. The van der Waals surface area contributed by atoms with Gasteiger partial charge in [-0.2, -0.15) is 0 Å². The summed E-state index contributed by atoms with van der Waals surface area (Å²) < 4.78 is 62.8. The maximum absolute atomic E-state index is 11.5. The molecule has 8 N–H and O–H groups in total. The van der Waals surface area contributed by atoms with Crippen LogP contribution in [-0.4, -0.2) is 98.2 Å². The lowest BCUT2D eigenvalue weighted by Crippen LogP contribution is -2.52. The van der Waals surface area contributed by atoms with Crippen molar-refractivity contribution in [3.63, 3.8) is 0 Å². The van der Waals surface area contributed by atoms with E-state index < -0.39 is 55.4 Å². The van der Waals surface area contributed by atoms with E-state index in [1.807, 2.05) is 64.1 Å². The molecule has 16 nitrogen and oxygen atoms in total. The molecule has 2 aliphatic rings. The summed E-state index contributed by atoms with van der Waals surface area (Å²) in [5, 5.41) is 44.1. The first-order valence-corrected chi connectivity index (χ1v) is 23.4. The first-order chi connectivity index (χ1) is 28.9. The standard InChI is InChI=1S/2C20H26N2O4S.C4H4O4/c2*1-20(2)19(23)18(21-12-11-14-7-5-4-6-8-14)16-10-9-15(13-17(16)26-20)22-27(3,24)25;5-3(6)1-2-4(7)8/h2*4-10,13,18-19,21-23H,11-12H2,1-3H3;1-2H,(H,5,6)(H,7,8)/b;;2-1-/t2*18-,19+;/m00./s1. The van der Waals surface area contributed by atoms with Crippen LogP contribution in [0.2, 0.25) is 0 Å². The first kappa shape index (κ1) is 49.2. The van der Waals surface area contributed by atoms with E-state index in [4.69, 9.17) is 19.7 Å². The number of hydrogen-bond donors (Lipinski definition) is 8. The van der Waals surface area contributed by atoms with Gasteiger partial charge in [0.05, 0.1) is 36.0 Å². The molecule has 0 aliphatic carbocycles. The number of carbonyl (C=O) groups is 2. The number of ether oxygens (including phenoxy) is 2. The fourth-order valence-electron chi connectivity index (χ4n) is 6.76. The molecule has 0 aromatic heterocycles. The molecule has 336 valence electrons. The highest BCUT2D eigenvalue weighted by Gasteiger charge is 2.44. The zero-order valence-electron chi connectivity index (χ0n) is 35.4. The Morgan fingerprint density at radius 3 is 1.24 bits per heavy atom. The molecule has 6 rings (SSSR count). The highest BCUT2D eigenvalue weighted by atomic mass is 32.2. The second-order valence-corrected chi connectivity index (χ2v) is 19.4. The van der Waals surface area contributed by atoms with Gasteiger partial charge >= 0.3 is 11.9 Å². The first-order valence-electron chi connectivity index (χ1n) is 19.6. The number of hydrogen-bond acceptors (Lipinski definition) is 12. The van der Waals surface area contributed by atoms with Gasteiger partial charge in [-0.05, 0) is 76.9 Å². The molecule has 0 unspecified atom stereocenters. The van der Waals surface area contributed by atoms with Gasteiger partial charge in [0.1, 0.15) is 34.9 Å². The van der Waals surface area contributed by atoms with Crippen LogP contribution >= 0.6 is 0 Å². The minimum absolute atomic E-state index is 0.306. The van der Waals surface area contributed by atoms with Crippen LogP contribution in [0.4, 0.5) is 11.4 Å². The van der Waals surface area contributed by atoms with Crippen molar-refractivity contribution < 1.29 is 56.3 Å². The third-order valence-corrected chi connectivity index (χ3v) is 10.9. The van der Waals surface area contributed by atoms with Crippen LogP contribution in [0.3, 0.4) is 0 Å². The molecule has 2 heterocycles. The molecule has 4 aromatic rings. The third kappa shape index (κ3) is 15.1. The number of fused-ring (bicyclic) bond motifs is 2. The maximum Gasteiger partial charge on any atom is 0.328 e. The van der Waals surface area contributed by atoms with Gasteiger partial charge in [-0.25, -0.2) is 26.4 Å². The molecule has 62 heavy (non-hydrogen) atoms. The Kier molecular flexibility index (Phi) is 16.7. The van der Waals surface area contributed by atoms with Gasteiger partial charge in [-0.1, -0.05) is 72.8 Å². The van der Waals surface area contributed by atoms with E-state index in [2.05, 4.69) is 44.3 Å². The molecule has 0 spiro atoms. The second-order valence-electron chi connectivity index (χ2n) is 15.9. The Morgan fingerprint density at radius 2 is 0.935 bits per heavy atom. The normalized spacial score (nSPS) is 19.7. The van der Waals surface area contributed by atoms with Crippen LogP contribution in [0.5, 0.6) is 11.5 Å². The lowest BCUT2D eigenvalue weighted by atomic mass is 9.86. The van der Waals surface area contributed by atoms with Crippen LogP contribution in [0, 0.1) is 0 Å². The number of anilines is 2. The topological polar surface area (TPSA) is 250 Å². The summed E-state index contributed by atoms with van der Waals surface area (Å²) in [6.45, 7) is 8.69. The van der Waals surface area contributed by atoms with E-state index in [-0.39, 0.29) is 12.1 Å². The Balaban J connectivity index is 0.000000232. The zero-order chi connectivity index (χ0) is 45.9. The summed E-state index contributed by atoms with van der Waals surface area (Å²) in [4.78, 5) is 19.1. The summed E-state index contributed by atoms with van der Waals surface area (Å²) in [7, 11) is -6.74. The van der Waals surface area contributed by atoms with E-state index in [1.54, 1.807) is 36.4 Å². The molecule has 18 heteroatoms. The van der Waals surface area contributed by atoms with Gasteiger partial charge in [-0.3, -0.25) is 9.44 Å². The van der Waals surface area contributed by atoms with Crippen molar-refractivity contribution >= 4 is 43.4 Å². The molecule has 0 saturated heterocycles. The molecule has 0 fully saturated rings. The van der Waals surface area contributed by atoms with Crippen molar-refractivity contribution in [3.8, 4) is 11.5 Å². The molecular weight excluding hydrogens is 841 g/mol. The average molecular weight is 897 g/mol. The lowest BCUT2D eigenvalue weighted by Gasteiger charge is -2.42. The van der Waals surface area contributed by atoms with Crippen molar-refractivity contribution in [1.29, 1.82) is 0 Å². The number of aliphatic hydroxyl groups excluding tert-OH is 2. The smallest absolute Gasteiger partial charge is 0.328 e. The number of carboxylic acids is 2. The largest absolute Gasteiger partial charge is 0.485 e. The van der Waals surface area contributed by atoms with E-state index in [9.17, 15) is 36.6 Å².